The van der Waals surface area contributed by atoms with Gasteiger partial charge >= 0.3 is 6.18 Å². The molecular weight excluding hydrogens is 286 g/mol. The first-order valence-electron chi connectivity index (χ1n) is 6.95. The van der Waals surface area contributed by atoms with E-state index in [9.17, 15) is 17.7 Å². The molecule has 0 amide bonds. The Bertz CT molecular complexity index is 432. The second-order valence-corrected chi connectivity index (χ2v) is 4.22. The number of nitrogens with one attached hydrogen (secondary N) is 1. The molecule has 0 saturated carbocycles. The molecule has 0 fully saturated rings. The predicted molar refractivity (Wildman–Crippen MR) is 75.0 cm³/mol. The van der Waals surface area contributed by atoms with E-state index >= 15 is 0 Å². The fourth-order valence-electron chi connectivity index (χ4n) is 1.95. The van der Waals surface area contributed by atoms with Crippen LogP contribution in [0.4, 0.5) is 17.7 Å². The van der Waals surface area contributed by atoms with Crippen molar-refractivity contribution in [1.29, 1.82) is 5.41 Å². The highest BCUT2D eigenvalue weighted by Gasteiger charge is 2.36. The van der Waals surface area contributed by atoms with E-state index in [1.807, 2.05) is 20.8 Å². The third-order valence-electron chi connectivity index (χ3n) is 2.89. The molecule has 6 heteroatoms. The summed E-state index contributed by atoms with van der Waals surface area (Å²) in [5.74, 6) is -1.80. The summed E-state index contributed by atoms with van der Waals surface area (Å²) in [6, 6.07) is 4.90. The molecule has 0 bridgehead atoms. The number of hydrogen-bond donors (Lipinski definition) is 1. The second kappa shape index (κ2) is 9.37. The van der Waals surface area contributed by atoms with Crippen molar-refractivity contribution in [3.63, 3.8) is 0 Å². The highest BCUT2D eigenvalue weighted by Crippen LogP contribution is 2.37. The Kier molecular flexibility index (Phi) is 8.66. The predicted octanol–water partition coefficient (Wildman–Crippen LogP) is 5.88. The number of rotatable bonds is 5. The summed E-state index contributed by atoms with van der Waals surface area (Å²) >= 11 is 0. The van der Waals surface area contributed by atoms with Crippen LogP contribution in [-0.4, -0.2) is 5.90 Å². The minimum Gasteiger partial charge on any atom is -0.278 e. The Hall–Kier alpha value is -1.59. The van der Waals surface area contributed by atoms with Crippen LogP contribution in [0.25, 0.3) is 0 Å². The first kappa shape index (κ1) is 19.4. The highest BCUT2D eigenvalue weighted by molar-refractivity contribution is 5.80. The molecule has 0 saturated heterocycles. The Balaban J connectivity index is 0.00000191. The van der Waals surface area contributed by atoms with Gasteiger partial charge in [0.2, 0.25) is 5.90 Å². The van der Waals surface area contributed by atoms with Crippen LogP contribution in [0.3, 0.4) is 0 Å². The van der Waals surface area contributed by atoms with Gasteiger partial charge in [-0.2, -0.15) is 13.2 Å². The quantitative estimate of drug-likeness (QED) is 0.411. The van der Waals surface area contributed by atoms with Gasteiger partial charge in [-0.05, 0) is 18.1 Å². The summed E-state index contributed by atoms with van der Waals surface area (Å²) in [7, 11) is 0. The van der Waals surface area contributed by atoms with Crippen LogP contribution in [0.5, 0.6) is 0 Å². The van der Waals surface area contributed by atoms with Crippen LogP contribution in [0.2, 0.25) is 0 Å². The van der Waals surface area contributed by atoms with Gasteiger partial charge in [-0.25, -0.2) is 0 Å². The highest BCUT2D eigenvalue weighted by atomic mass is 19.4. The maximum atomic E-state index is 12.9. The molecule has 0 aliphatic rings. The zero-order valence-electron chi connectivity index (χ0n) is 12.4. The van der Waals surface area contributed by atoms with E-state index < -0.39 is 23.6 Å². The van der Waals surface area contributed by atoms with E-state index in [2.05, 4.69) is 4.94 Å². The SMILES string of the molecule is CC.CCCCC(C(=N)OF)c1ccccc1C(F)(F)F. The van der Waals surface area contributed by atoms with E-state index in [-0.39, 0.29) is 12.0 Å². The molecule has 0 heterocycles. The van der Waals surface area contributed by atoms with Crippen LogP contribution in [0, 0.1) is 5.41 Å². The van der Waals surface area contributed by atoms with Crippen molar-refractivity contribution >= 4 is 5.90 Å². The summed E-state index contributed by atoms with van der Waals surface area (Å²) in [6.45, 7) is 5.87. The van der Waals surface area contributed by atoms with Gasteiger partial charge in [-0.1, -0.05) is 51.8 Å². The van der Waals surface area contributed by atoms with Crippen molar-refractivity contribution in [2.45, 2.75) is 52.1 Å². The number of hydrogen-bond acceptors (Lipinski definition) is 2. The molecule has 1 N–H and O–H groups in total. The van der Waals surface area contributed by atoms with Gasteiger partial charge in [-0.15, -0.1) is 0 Å². The molecule has 1 rings (SSSR count). The monoisotopic (exact) mass is 307 g/mol. The van der Waals surface area contributed by atoms with Crippen molar-refractivity contribution in [3.05, 3.63) is 35.4 Å². The van der Waals surface area contributed by atoms with Gasteiger partial charge in [0.1, 0.15) is 0 Å². The lowest BCUT2D eigenvalue weighted by atomic mass is 9.89. The van der Waals surface area contributed by atoms with Crippen LogP contribution in [0.1, 0.15) is 57.1 Å². The maximum absolute atomic E-state index is 12.9. The van der Waals surface area contributed by atoms with Gasteiger partial charge in [0.05, 0.1) is 11.5 Å². The number of unbranched alkanes of at least 4 members (excludes halogenated alkanes) is 1. The Morgan fingerprint density at radius 1 is 1.24 bits per heavy atom. The first-order chi connectivity index (χ1) is 9.91. The number of benzene rings is 1. The van der Waals surface area contributed by atoms with E-state index in [1.165, 1.54) is 18.2 Å². The van der Waals surface area contributed by atoms with E-state index in [4.69, 9.17) is 5.41 Å². The molecule has 1 unspecified atom stereocenters. The molecule has 0 aliphatic heterocycles. The summed E-state index contributed by atoms with van der Waals surface area (Å²) in [6.07, 6.45) is -2.96. The minimum atomic E-state index is -4.53. The molecular formula is C15H21F4NO. The minimum absolute atomic E-state index is 0.119. The van der Waals surface area contributed by atoms with E-state index in [0.717, 1.165) is 12.5 Å². The third-order valence-corrected chi connectivity index (χ3v) is 2.89. The lowest BCUT2D eigenvalue weighted by Gasteiger charge is -2.19. The molecule has 0 spiro atoms. The van der Waals surface area contributed by atoms with Gasteiger partial charge < -0.3 is 0 Å². The van der Waals surface area contributed by atoms with Crippen LogP contribution in [-0.2, 0) is 11.1 Å². The largest absolute Gasteiger partial charge is 0.416 e. The first-order valence-corrected chi connectivity index (χ1v) is 6.95. The third kappa shape index (κ3) is 5.73. The fraction of sp³-hybridized carbons (Fsp3) is 0.533. The maximum Gasteiger partial charge on any atom is 0.416 e. The Morgan fingerprint density at radius 2 is 1.81 bits per heavy atom. The van der Waals surface area contributed by atoms with Crippen molar-refractivity contribution in [2.75, 3.05) is 0 Å². The topological polar surface area (TPSA) is 33.1 Å². The van der Waals surface area contributed by atoms with E-state index in [1.54, 1.807) is 0 Å². The average molecular weight is 307 g/mol. The molecule has 0 aromatic heterocycles. The zero-order valence-corrected chi connectivity index (χ0v) is 12.4. The zero-order chi connectivity index (χ0) is 16.5. The van der Waals surface area contributed by atoms with Gasteiger partial charge in [0.25, 0.3) is 0 Å². The fourth-order valence-corrected chi connectivity index (χ4v) is 1.95. The summed E-state index contributed by atoms with van der Waals surface area (Å²) in [5.41, 5.74) is -0.969. The second-order valence-electron chi connectivity index (χ2n) is 4.22. The van der Waals surface area contributed by atoms with Gasteiger partial charge in [0.15, 0.2) is 0 Å². The van der Waals surface area contributed by atoms with Crippen molar-refractivity contribution in [2.24, 2.45) is 0 Å². The van der Waals surface area contributed by atoms with Crippen LogP contribution in [0.15, 0.2) is 24.3 Å². The molecule has 2 nitrogen and oxygen atoms in total. The Morgan fingerprint density at radius 3 is 2.29 bits per heavy atom. The molecule has 1 aromatic rings. The van der Waals surface area contributed by atoms with Crippen LogP contribution >= 0.6 is 0 Å². The molecule has 0 aliphatic carbocycles. The van der Waals surface area contributed by atoms with Gasteiger partial charge in [0, 0.05) is 4.53 Å². The molecule has 21 heavy (non-hydrogen) atoms. The molecule has 1 aromatic carbocycles. The summed E-state index contributed by atoms with van der Waals surface area (Å²) < 4.78 is 50.9. The molecule has 0 radical (unpaired) electrons. The summed E-state index contributed by atoms with van der Waals surface area (Å²) in [5, 5.41) is 7.35. The number of alkyl halides is 3. The molecule has 120 valence electrons. The summed E-state index contributed by atoms with van der Waals surface area (Å²) in [4.78, 5) is 3.35. The lowest BCUT2D eigenvalue weighted by Crippen LogP contribution is -2.18. The smallest absolute Gasteiger partial charge is 0.278 e. The number of halogens is 4. The van der Waals surface area contributed by atoms with Crippen molar-refractivity contribution in [3.8, 4) is 0 Å². The molecule has 1 atom stereocenters. The Labute approximate surface area is 122 Å². The average Bonchev–Trinajstić information content (AvgIpc) is 2.48. The lowest BCUT2D eigenvalue weighted by molar-refractivity contribution is -0.138. The standard InChI is InChI=1S/C13H15F4NO.C2H6/c1-2-3-6-10(12(18)19-17)9-7-4-5-8-11(9)13(14,15)16;1-2/h4-5,7-8,10,18H,2-3,6H2,1H3;1-2H3. The normalized spacial score (nSPS) is 12.1. The van der Waals surface area contributed by atoms with Crippen molar-refractivity contribution < 1.29 is 22.6 Å². The van der Waals surface area contributed by atoms with Gasteiger partial charge in [-0.3, -0.25) is 10.4 Å². The van der Waals surface area contributed by atoms with E-state index in [0.29, 0.717) is 6.42 Å². The van der Waals surface area contributed by atoms with Crippen molar-refractivity contribution in [1.82, 2.24) is 0 Å². The van der Waals surface area contributed by atoms with Crippen LogP contribution < -0.4 is 0 Å².